The van der Waals surface area contributed by atoms with Crippen molar-refractivity contribution in [2.45, 2.75) is 59.0 Å². The quantitative estimate of drug-likeness (QED) is 0.901. The van der Waals surface area contributed by atoms with Crippen molar-refractivity contribution in [1.82, 2.24) is 15.1 Å². The van der Waals surface area contributed by atoms with Crippen LogP contribution in [-0.4, -0.2) is 40.3 Å². The molecular formula is C14H26N4S. The molecule has 108 valence electrons. The van der Waals surface area contributed by atoms with E-state index in [1.165, 1.54) is 25.9 Å². The van der Waals surface area contributed by atoms with Crippen molar-refractivity contribution in [3.8, 4) is 0 Å². The molecule has 0 radical (unpaired) electrons. The summed E-state index contributed by atoms with van der Waals surface area (Å²) < 4.78 is 0. The fourth-order valence-electron chi connectivity index (χ4n) is 2.48. The first-order valence-corrected chi connectivity index (χ1v) is 8.19. The molecule has 1 fully saturated rings. The van der Waals surface area contributed by atoms with Gasteiger partial charge in [0.25, 0.3) is 0 Å². The van der Waals surface area contributed by atoms with Crippen molar-refractivity contribution >= 4 is 16.5 Å². The lowest BCUT2D eigenvalue weighted by molar-refractivity contribution is 0.177. The molecule has 1 aliphatic rings. The SMILES string of the molecule is CC(C)Cc1nnc(NC2CCN(C(C)C)CC2)s1. The summed E-state index contributed by atoms with van der Waals surface area (Å²) in [5, 5.41) is 14.2. The van der Waals surface area contributed by atoms with Crippen LogP contribution >= 0.6 is 11.3 Å². The Morgan fingerprint density at radius 2 is 1.89 bits per heavy atom. The monoisotopic (exact) mass is 282 g/mol. The van der Waals surface area contributed by atoms with E-state index in [-0.39, 0.29) is 0 Å². The minimum atomic E-state index is 0.565. The van der Waals surface area contributed by atoms with E-state index in [4.69, 9.17) is 0 Å². The first-order valence-electron chi connectivity index (χ1n) is 7.37. The first-order chi connectivity index (χ1) is 9.04. The number of aromatic nitrogens is 2. The fourth-order valence-corrected chi connectivity index (χ4v) is 3.51. The summed E-state index contributed by atoms with van der Waals surface area (Å²) in [4.78, 5) is 2.54. The van der Waals surface area contributed by atoms with Crippen LogP contribution in [0.2, 0.25) is 0 Å². The van der Waals surface area contributed by atoms with Gasteiger partial charge in [-0.05, 0) is 32.6 Å². The Balaban J connectivity index is 1.80. The molecule has 0 bridgehead atoms. The van der Waals surface area contributed by atoms with Crippen LogP contribution in [-0.2, 0) is 6.42 Å². The first kappa shape index (κ1) is 14.7. The van der Waals surface area contributed by atoms with E-state index in [0.29, 0.717) is 18.0 Å². The van der Waals surface area contributed by atoms with Crippen LogP contribution in [0.15, 0.2) is 0 Å². The highest BCUT2D eigenvalue weighted by molar-refractivity contribution is 7.15. The standard InChI is InChI=1S/C14H26N4S/c1-10(2)9-13-16-17-14(19-13)15-12-5-7-18(8-6-12)11(3)4/h10-12H,5-9H2,1-4H3,(H,15,17). The van der Waals surface area contributed by atoms with E-state index in [9.17, 15) is 0 Å². The number of piperidine rings is 1. The van der Waals surface area contributed by atoms with Gasteiger partial charge in [-0.2, -0.15) is 0 Å². The number of hydrogen-bond donors (Lipinski definition) is 1. The zero-order valence-corrected chi connectivity index (χ0v) is 13.3. The van der Waals surface area contributed by atoms with Gasteiger partial charge < -0.3 is 10.2 Å². The molecule has 1 aromatic rings. The predicted molar refractivity (Wildman–Crippen MR) is 81.8 cm³/mol. The van der Waals surface area contributed by atoms with E-state index in [1.807, 2.05) is 0 Å². The molecule has 0 aromatic carbocycles. The number of rotatable bonds is 5. The molecule has 4 nitrogen and oxygen atoms in total. The van der Waals surface area contributed by atoms with E-state index >= 15 is 0 Å². The number of nitrogens with one attached hydrogen (secondary N) is 1. The van der Waals surface area contributed by atoms with Gasteiger partial charge in [0.05, 0.1) is 0 Å². The van der Waals surface area contributed by atoms with Gasteiger partial charge in [-0.1, -0.05) is 25.2 Å². The third-order valence-corrected chi connectivity index (χ3v) is 4.51. The molecule has 2 rings (SSSR count). The van der Waals surface area contributed by atoms with Crippen molar-refractivity contribution in [3.63, 3.8) is 0 Å². The number of likely N-dealkylation sites (tertiary alicyclic amines) is 1. The van der Waals surface area contributed by atoms with Gasteiger partial charge in [-0.25, -0.2) is 0 Å². The molecule has 1 aliphatic heterocycles. The number of hydrogen-bond acceptors (Lipinski definition) is 5. The molecule has 0 saturated carbocycles. The maximum atomic E-state index is 4.26. The van der Waals surface area contributed by atoms with Crippen LogP contribution in [0.4, 0.5) is 5.13 Å². The van der Waals surface area contributed by atoms with E-state index in [2.05, 4.69) is 48.1 Å². The summed E-state index contributed by atoms with van der Waals surface area (Å²) in [7, 11) is 0. The van der Waals surface area contributed by atoms with Gasteiger partial charge in [0.1, 0.15) is 5.01 Å². The van der Waals surface area contributed by atoms with Crippen LogP contribution in [0, 0.1) is 5.92 Å². The van der Waals surface area contributed by atoms with E-state index < -0.39 is 0 Å². The van der Waals surface area contributed by atoms with Crippen molar-refractivity contribution in [2.75, 3.05) is 18.4 Å². The lowest BCUT2D eigenvalue weighted by atomic mass is 10.0. The molecular weight excluding hydrogens is 256 g/mol. The molecule has 0 spiro atoms. The summed E-state index contributed by atoms with van der Waals surface area (Å²) in [6.45, 7) is 11.4. The van der Waals surface area contributed by atoms with Crippen LogP contribution in [0.3, 0.4) is 0 Å². The molecule has 0 atom stereocenters. The Labute approximate surface area is 120 Å². The van der Waals surface area contributed by atoms with E-state index in [0.717, 1.165) is 16.6 Å². The smallest absolute Gasteiger partial charge is 0.205 e. The Kier molecular flexibility index (Phi) is 5.16. The molecule has 0 amide bonds. The maximum absolute atomic E-state index is 4.26. The molecule has 0 aliphatic carbocycles. The second kappa shape index (κ2) is 6.66. The lowest BCUT2D eigenvalue weighted by Gasteiger charge is -2.34. The summed E-state index contributed by atoms with van der Waals surface area (Å²) in [6, 6.07) is 1.23. The average Bonchev–Trinajstić information content (AvgIpc) is 2.76. The molecule has 1 saturated heterocycles. The van der Waals surface area contributed by atoms with Gasteiger partial charge in [-0.15, -0.1) is 10.2 Å². The molecule has 1 N–H and O–H groups in total. The molecule has 2 heterocycles. The number of nitrogens with zero attached hydrogens (tertiary/aromatic N) is 3. The van der Waals surface area contributed by atoms with Crippen LogP contribution in [0.1, 0.15) is 45.5 Å². The average molecular weight is 282 g/mol. The summed E-state index contributed by atoms with van der Waals surface area (Å²) in [5.41, 5.74) is 0. The normalized spacial score (nSPS) is 18.4. The van der Waals surface area contributed by atoms with Gasteiger partial charge >= 0.3 is 0 Å². The fraction of sp³-hybridized carbons (Fsp3) is 0.857. The van der Waals surface area contributed by atoms with Gasteiger partial charge in [0.15, 0.2) is 0 Å². The van der Waals surface area contributed by atoms with Gasteiger partial charge in [-0.3, -0.25) is 0 Å². The second-order valence-electron chi connectivity index (χ2n) is 6.15. The number of anilines is 1. The largest absolute Gasteiger partial charge is 0.357 e. The topological polar surface area (TPSA) is 41.1 Å². The zero-order valence-electron chi connectivity index (χ0n) is 12.5. The van der Waals surface area contributed by atoms with Gasteiger partial charge in [0, 0.05) is 31.6 Å². The minimum absolute atomic E-state index is 0.565. The van der Waals surface area contributed by atoms with Crippen LogP contribution in [0.5, 0.6) is 0 Å². The highest BCUT2D eigenvalue weighted by Gasteiger charge is 2.21. The summed E-state index contributed by atoms with van der Waals surface area (Å²) >= 11 is 1.72. The van der Waals surface area contributed by atoms with Gasteiger partial charge in [0.2, 0.25) is 5.13 Å². The van der Waals surface area contributed by atoms with Crippen molar-refractivity contribution in [3.05, 3.63) is 5.01 Å². The Hall–Kier alpha value is -0.680. The van der Waals surface area contributed by atoms with Crippen molar-refractivity contribution in [2.24, 2.45) is 5.92 Å². The molecule has 5 heteroatoms. The highest BCUT2D eigenvalue weighted by atomic mass is 32.1. The zero-order chi connectivity index (χ0) is 13.8. The van der Waals surface area contributed by atoms with Crippen molar-refractivity contribution < 1.29 is 0 Å². The Morgan fingerprint density at radius 1 is 1.21 bits per heavy atom. The highest BCUT2D eigenvalue weighted by Crippen LogP contribution is 2.22. The second-order valence-corrected chi connectivity index (χ2v) is 7.21. The van der Waals surface area contributed by atoms with Crippen LogP contribution in [0.25, 0.3) is 0 Å². The summed E-state index contributed by atoms with van der Waals surface area (Å²) in [5.74, 6) is 0.648. The lowest BCUT2D eigenvalue weighted by Crippen LogP contribution is -2.42. The van der Waals surface area contributed by atoms with E-state index in [1.54, 1.807) is 11.3 Å². The maximum Gasteiger partial charge on any atom is 0.205 e. The molecule has 1 aromatic heterocycles. The predicted octanol–water partition coefficient (Wildman–Crippen LogP) is 3.02. The van der Waals surface area contributed by atoms with Crippen LogP contribution < -0.4 is 5.32 Å². The summed E-state index contributed by atoms with van der Waals surface area (Å²) in [6.07, 6.45) is 3.44. The molecule has 19 heavy (non-hydrogen) atoms. The Bertz CT molecular complexity index is 381. The third-order valence-electron chi connectivity index (χ3n) is 3.64. The third kappa shape index (κ3) is 4.42. The Morgan fingerprint density at radius 3 is 2.47 bits per heavy atom. The minimum Gasteiger partial charge on any atom is -0.357 e. The van der Waals surface area contributed by atoms with Crippen molar-refractivity contribution in [1.29, 1.82) is 0 Å². The molecule has 0 unspecified atom stereocenters.